The lowest BCUT2D eigenvalue weighted by Gasteiger charge is -2.10. The summed E-state index contributed by atoms with van der Waals surface area (Å²) in [5.74, 6) is 0.0225. The summed E-state index contributed by atoms with van der Waals surface area (Å²) in [4.78, 5) is 10.1. The number of nitrogens with one attached hydrogen (secondary N) is 1. The van der Waals surface area contributed by atoms with Gasteiger partial charge in [0.2, 0.25) is 0 Å². The molecule has 8 heteroatoms. The van der Waals surface area contributed by atoms with Crippen LogP contribution in [0, 0.1) is 10.1 Å². The van der Waals surface area contributed by atoms with E-state index in [1.54, 1.807) is 25.1 Å². The lowest BCUT2D eigenvalue weighted by atomic mass is 10.1. The molecule has 0 aliphatic carbocycles. The van der Waals surface area contributed by atoms with Crippen molar-refractivity contribution in [3.63, 3.8) is 0 Å². The Labute approximate surface area is 130 Å². The number of benzene rings is 2. The van der Waals surface area contributed by atoms with Crippen molar-refractivity contribution in [2.24, 2.45) is 5.10 Å². The Morgan fingerprint density at radius 1 is 1.22 bits per heavy atom. The fraction of sp³-hybridized carbons (Fsp3) is 0.133. The van der Waals surface area contributed by atoms with Gasteiger partial charge in [-0.2, -0.15) is 13.9 Å². The van der Waals surface area contributed by atoms with Gasteiger partial charge in [-0.15, -0.1) is 0 Å². The van der Waals surface area contributed by atoms with Crippen LogP contribution in [-0.2, 0) is 0 Å². The summed E-state index contributed by atoms with van der Waals surface area (Å²) < 4.78 is 29.2. The normalized spacial score (nSPS) is 11.4. The molecule has 23 heavy (non-hydrogen) atoms. The molecule has 0 saturated heterocycles. The first-order valence-corrected chi connectivity index (χ1v) is 6.56. The second-order valence-electron chi connectivity index (χ2n) is 4.49. The molecule has 2 aromatic rings. The predicted octanol–water partition coefficient (Wildman–Crippen LogP) is 4.03. The highest BCUT2D eigenvalue weighted by atomic mass is 19.3. The van der Waals surface area contributed by atoms with Gasteiger partial charge in [-0.3, -0.25) is 15.5 Å². The van der Waals surface area contributed by atoms with Crippen LogP contribution in [0.15, 0.2) is 53.6 Å². The minimum atomic E-state index is -2.92. The van der Waals surface area contributed by atoms with Crippen molar-refractivity contribution in [3.8, 4) is 5.75 Å². The molecule has 0 aliphatic rings. The molecule has 120 valence electrons. The Morgan fingerprint density at radius 3 is 2.48 bits per heavy atom. The first-order valence-electron chi connectivity index (χ1n) is 6.56. The summed E-state index contributed by atoms with van der Waals surface area (Å²) in [7, 11) is 0. The molecular weight excluding hydrogens is 308 g/mol. The minimum Gasteiger partial charge on any atom is -0.434 e. The molecule has 0 bridgehead atoms. The molecule has 6 nitrogen and oxygen atoms in total. The van der Waals surface area contributed by atoms with E-state index in [1.165, 1.54) is 30.3 Å². The molecule has 2 aromatic carbocycles. The standard InChI is InChI=1S/C15H13F2N3O3/c1-10(13-4-2-3-5-14(13)23-15(16)17)18-19-11-6-8-12(9-7-11)20(21)22/h2-9,15,19H,1H3/b18-10+. The van der Waals surface area contributed by atoms with Crippen LogP contribution in [0.25, 0.3) is 0 Å². The number of ether oxygens (including phenoxy) is 1. The monoisotopic (exact) mass is 321 g/mol. The SMILES string of the molecule is C/C(=N\Nc1ccc([N+](=O)[O-])cc1)c1ccccc1OC(F)F. The summed E-state index contributed by atoms with van der Waals surface area (Å²) in [5, 5.41) is 14.7. The van der Waals surface area contributed by atoms with Gasteiger partial charge in [0.25, 0.3) is 5.69 Å². The fourth-order valence-corrected chi connectivity index (χ4v) is 1.83. The first-order chi connectivity index (χ1) is 11.0. The van der Waals surface area contributed by atoms with Gasteiger partial charge >= 0.3 is 6.61 Å². The van der Waals surface area contributed by atoms with E-state index < -0.39 is 11.5 Å². The van der Waals surface area contributed by atoms with Gasteiger partial charge in [-0.05, 0) is 31.2 Å². The molecule has 1 N–H and O–H groups in total. The Morgan fingerprint density at radius 2 is 1.87 bits per heavy atom. The third kappa shape index (κ3) is 4.47. The lowest BCUT2D eigenvalue weighted by molar-refractivity contribution is -0.384. The topological polar surface area (TPSA) is 76.8 Å². The van der Waals surface area contributed by atoms with Crippen molar-refractivity contribution in [1.29, 1.82) is 0 Å². The van der Waals surface area contributed by atoms with Gasteiger partial charge in [-0.25, -0.2) is 0 Å². The number of para-hydroxylation sites is 1. The summed E-state index contributed by atoms with van der Waals surface area (Å²) in [6.45, 7) is -1.29. The van der Waals surface area contributed by atoms with Crippen LogP contribution in [0.5, 0.6) is 5.75 Å². The van der Waals surface area contributed by atoms with E-state index in [9.17, 15) is 18.9 Å². The number of non-ortho nitro benzene ring substituents is 1. The number of anilines is 1. The number of hydrogen-bond donors (Lipinski definition) is 1. The fourth-order valence-electron chi connectivity index (χ4n) is 1.83. The summed E-state index contributed by atoms with van der Waals surface area (Å²) >= 11 is 0. The number of nitro groups is 1. The summed E-state index contributed by atoms with van der Waals surface area (Å²) in [6, 6.07) is 12.0. The number of hydrogen-bond acceptors (Lipinski definition) is 5. The molecule has 0 heterocycles. The van der Waals surface area contributed by atoms with E-state index in [0.29, 0.717) is 17.0 Å². The molecule has 0 aliphatic heterocycles. The Hall–Kier alpha value is -3.03. The molecule has 0 atom stereocenters. The quantitative estimate of drug-likeness (QED) is 0.495. The number of nitro benzene ring substituents is 1. The van der Waals surface area contributed by atoms with Gasteiger partial charge in [0.1, 0.15) is 5.75 Å². The van der Waals surface area contributed by atoms with Crippen molar-refractivity contribution >= 4 is 17.1 Å². The van der Waals surface area contributed by atoms with E-state index in [-0.39, 0.29) is 11.4 Å². The maximum atomic E-state index is 12.4. The van der Waals surface area contributed by atoms with Crippen molar-refractivity contribution < 1.29 is 18.4 Å². The highest BCUT2D eigenvalue weighted by Gasteiger charge is 2.11. The third-order valence-corrected chi connectivity index (χ3v) is 2.92. The van der Waals surface area contributed by atoms with Crippen molar-refractivity contribution in [2.75, 3.05) is 5.43 Å². The van der Waals surface area contributed by atoms with E-state index in [4.69, 9.17) is 0 Å². The molecule has 0 spiro atoms. The lowest BCUT2D eigenvalue weighted by Crippen LogP contribution is -2.07. The van der Waals surface area contributed by atoms with E-state index in [1.807, 2.05) is 0 Å². The van der Waals surface area contributed by atoms with Crippen LogP contribution in [0.3, 0.4) is 0 Å². The van der Waals surface area contributed by atoms with Crippen LogP contribution in [0.4, 0.5) is 20.2 Å². The maximum Gasteiger partial charge on any atom is 0.387 e. The first kappa shape index (κ1) is 16.3. The Balaban J connectivity index is 2.15. The molecule has 0 unspecified atom stereocenters. The van der Waals surface area contributed by atoms with Crippen LogP contribution < -0.4 is 10.2 Å². The molecular formula is C15H13F2N3O3. The molecule has 2 rings (SSSR count). The molecule has 0 amide bonds. The average Bonchev–Trinajstić information content (AvgIpc) is 2.53. The highest BCUT2D eigenvalue weighted by molar-refractivity contribution is 6.01. The molecule has 0 aromatic heterocycles. The summed E-state index contributed by atoms with van der Waals surface area (Å²) in [5.41, 5.74) is 4.06. The van der Waals surface area contributed by atoms with Gasteiger partial charge in [0.15, 0.2) is 0 Å². The number of nitrogens with zero attached hydrogens (tertiary/aromatic N) is 2. The van der Waals surface area contributed by atoms with E-state index >= 15 is 0 Å². The van der Waals surface area contributed by atoms with Gasteiger partial charge in [-0.1, -0.05) is 12.1 Å². The number of halogens is 2. The predicted molar refractivity (Wildman–Crippen MR) is 82.0 cm³/mol. The third-order valence-electron chi connectivity index (χ3n) is 2.92. The van der Waals surface area contributed by atoms with Gasteiger partial charge < -0.3 is 4.74 Å². The smallest absolute Gasteiger partial charge is 0.387 e. The van der Waals surface area contributed by atoms with Crippen LogP contribution in [-0.4, -0.2) is 17.2 Å². The van der Waals surface area contributed by atoms with E-state index in [2.05, 4.69) is 15.3 Å². The zero-order chi connectivity index (χ0) is 16.8. The second kappa shape index (κ2) is 7.30. The Kier molecular flexibility index (Phi) is 5.19. The van der Waals surface area contributed by atoms with Gasteiger partial charge in [0, 0.05) is 17.7 Å². The van der Waals surface area contributed by atoms with Crippen LogP contribution in [0.2, 0.25) is 0 Å². The number of alkyl halides is 2. The minimum absolute atomic E-state index is 0.0225. The van der Waals surface area contributed by atoms with Crippen molar-refractivity contribution in [3.05, 3.63) is 64.2 Å². The number of rotatable bonds is 6. The second-order valence-corrected chi connectivity index (χ2v) is 4.49. The zero-order valence-electron chi connectivity index (χ0n) is 12.1. The van der Waals surface area contributed by atoms with E-state index in [0.717, 1.165) is 0 Å². The van der Waals surface area contributed by atoms with Gasteiger partial charge in [0.05, 0.1) is 16.3 Å². The van der Waals surface area contributed by atoms with Crippen molar-refractivity contribution in [1.82, 2.24) is 0 Å². The van der Waals surface area contributed by atoms with Crippen LogP contribution >= 0.6 is 0 Å². The molecule has 0 radical (unpaired) electrons. The Bertz CT molecular complexity index is 718. The van der Waals surface area contributed by atoms with Crippen LogP contribution in [0.1, 0.15) is 12.5 Å². The zero-order valence-corrected chi connectivity index (χ0v) is 12.1. The largest absolute Gasteiger partial charge is 0.434 e. The van der Waals surface area contributed by atoms with Crippen molar-refractivity contribution in [2.45, 2.75) is 13.5 Å². The molecule has 0 fully saturated rings. The molecule has 0 saturated carbocycles. The number of hydrazone groups is 1. The summed E-state index contributed by atoms with van der Waals surface area (Å²) in [6.07, 6.45) is 0. The highest BCUT2D eigenvalue weighted by Crippen LogP contribution is 2.21. The maximum absolute atomic E-state index is 12.4. The average molecular weight is 321 g/mol.